The van der Waals surface area contributed by atoms with Gasteiger partial charge in [0.2, 0.25) is 0 Å². The van der Waals surface area contributed by atoms with Crippen molar-refractivity contribution in [3.63, 3.8) is 0 Å². The Bertz CT molecular complexity index is 403. The van der Waals surface area contributed by atoms with Gasteiger partial charge in [0.05, 0.1) is 19.9 Å². The van der Waals surface area contributed by atoms with Crippen molar-refractivity contribution < 1.29 is 9.47 Å². The highest BCUT2D eigenvalue weighted by molar-refractivity contribution is 5.93. The third kappa shape index (κ3) is 3.86. The van der Waals surface area contributed by atoms with Gasteiger partial charge >= 0.3 is 0 Å². The number of hydrogen-bond donors (Lipinski definition) is 2. The van der Waals surface area contributed by atoms with Crippen LogP contribution in [0.3, 0.4) is 0 Å². The fourth-order valence-corrected chi connectivity index (χ4v) is 1.35. The van der Waals surface area contributed by atoms with Crippen LogP contribution in [0.25, 0.3) is 0 Å². The van der Waals surface area contributed by atoms with Crippen LogP contribution in [0.2, 0.25) is 0 Å². The first-order valence-corrected chi connectivity index (χ1v) is 5.39. The first-order chi connectivity index (χ1) is 8.06. The molecule has 0 atom stereocenters. The van der Waals surface area contributed by atoms with Crippen molar-refractivity contribution in [3.05, 3.63) is 18.2 Å². The van der Waals surface area contributed by atoms with E-state index in [0.29, 0.717) is 11.7 Å². The molecule has 0 radical (unpaired) electrons. The second kappa shape index (κ2) is 5.98. The molecule has 3 N–H and O–H groups in total. The number of guanidine groups is 1. The van der Waals surface area contributed by atoms with E-state index in [-0.39, 0.29) is 6.04 Å². The summed E-state index contributed by atoms with van der Waals surface area (Å²) >= 11 is 0. The third-order valence-corrected chi connectivity index (χ3v) is 2.07. The predicted molar refractivity (Wildman–Crippen MR) is 69.9 cm³/mol. The van der Waals surface area contributed by atoms with Gasteiger partial charge in [0.1, 0.15) is 11.5 Å². The normalized spacial score (nSPS) is 11.5. The number of nitrogens with zero attached hydrogens (tertiary/aromatic N) is 1. The van der Waals surface area contributed by atoms with Crippen LogP contribution in [-0.2, 0) is 0 Å². The zero-order valence-electron chi connectivity index (χ0n) is 10.7. The van der Waals surface area contributed by atoms with E-state index >= 15 is 0 Å². The molecule has 0 heterocycles. The largest absolute Gasteiger partial charge is 0.497 e. The summed E-state index contributed by atoms with van der Waals surface area (Å²) in [6.07, 6.45) is 0. The van der Waals surface area contributed by atoms with Crippen molar-refractivity contribution in [2.45, 2.75) is 19.9 Å². The van der Waals surface area contributed by atoms with Crippen LogP contribution < -0.4 is 20.5 Å². The maximum atomic E-state index is 5.75. The van der Waals surface area contributed by atoms with E-state index in [2.05, 4.69) is 10.3 Å². The minimum Gasteiger partial charge on any atom is -0.497 e. The molecule has 0 aliphatic carbocycles. The summed E-state index contributed by atoms with van der Waals surface area (Å²) in [5, 5.41) is 2.99. The monoisotopic (exact) mass is 237 g/mol. The maximum absolute atomic E-state index is 5.75. The van der Waals surface area contributed by atoms with Crippen LogP contribution in [0.1, 0.15) is 13.8 Å². The van der Waals surface area contributed by atoms with Gasteiger partial charge in [-0.1, -0.05) is 0 Å². The van der Waals surface area contributed by atoms with Crippen molar-refractivity contribution in [3.8, 4) is 11.5 Å². The molecule has 0 saturated heterocycles. The number of anilines is 1. The van der Waals surface area contributed by atoms with E-state index in [1.54, 1.807) is 20.3 Å². The molecule has 0 aromatic heterocycles. The molecule has 1 rings (SSSR count). The number of hydrogen-bond acceptors (Lipinski definition) is 3. The Morgan fingerprint density at radius 2 is 2.00 bits per heavy atom. The third-order valence-electron chi connectivity index (χ3n) is 2.07. The van der Waals surface area contributed by atoms with Crippen LogP contribution >= 0.6 is 0 Å². The first kappa shape index (κ1) is 13.2. The number of nitrogens with two attached hydrogens (primary N) is 1. The maximum Gasteiger partial charge on any atom is 0.193 e. The van der Waals surface area contributed by atoms with Crippen molar-refractivity contribution in [2.24, 2.45) is 10.7 Å². The number of aliphatic imine (C=N–C) groups is 1. The predicted octanol–water partition coefficient (Wildman–Crippen LogP) is 1.84. The SMILES string of the molecule is COc1ccc(NC(N)=NC(C)C)c(OC)c1. The standard InChI is InChI=1S/C12H19N3O2/c1-8(2)14-12(13)15-10-6-5-9(16-3)7-11(10)17-4/h5-8H,1-4H3,(H3,13,14,15). The molecule has 0 unspecified atom stereocenters. The van der Waals surface area contributed by atoms with Gasteiger partial charge in [-0.25, -0.2) is 0 Å². The van der Waals surface area contributed by atoms with Gasteiger partial charge in [0, 0.05) is 12.1 Å². The van der Waals surface area contributed by atoms with Gasteiger partial charge in [-0.2, -0.15) is 0 Å². The average molecular weight is 237 g/mol. The Kier molecular flexibility index (Phi) is 4.63. The van der Waals surface area contributed by atoms with Gasteiger partial charge in [-0.3, -0.25) is 4.99 Å². The number of benzene rings is 1. The Labute approximate surface area is 102 Å². The quantitative estimate of drug-likeness (QED) is 0.619. The molecular weight excluding hydrogens is 218 g/mol. The average Bonchev–Trinajstić information content (AvgIpc) is 2.28. The van der Waals surface area contributed by atoms with Gasteiger partial charge < -0.3 is 20.5 Å². The summed E-state index contributed by atoms with van der Waals surface area (Å²) in [6.45, 7) is 3.92. The lowest BCUT2D eigenvalue weighted by atomic mass is 10.2. The van der Waals surface area contributed by atoms with Crippen LogP contribution in [0.5, 0.6) is 11.5 Å². The Balaban J connectivity index is 2.91. The first-order valence-electron chi connectivity index (χ1n) is 5.39. The number of rotatable bonds is 4. The highest BCUT2D eigenvalue weighted by Gasteiger charge is 2.05. The van der Waals surface area contributed by atoms with E-state index in [1.165, 1.54) is 0 Å². The van der Waals surface area contributed by atoms with Crippen molar-refractivity contribution in [1.29, 1.82) is 0 Å². The summed E-state index contributed by atoms with van der Waals surface area (Å²) in [5.74, 6) is 1.75. The van der Waals surface area contributed by atoms with Gasteiger partial charge in [0.25, 0.3) is 0 Å². The van der Waals surface area contributed by atoms with E-state index in [4.69, 9.17) is 15.2 Å². The van der Waals surface area contributed by atoms with Crippen LogP contribution in [0.4, 0.5) is 5.69 Å². The molecule has 0 fully saturated rings. The second-order valence-corrected chi connectivity index (χ2v) is 3.80. The minimum atomic E-state index is 0.145. The molecular formula is C12H19N3O2. The molecule has 17 heavy (non-hydrogen) atoms. The smallest absolute Gasteiger partial charge is 0.193 e. The number of ether oxygens (including phenoxy) is 2. The van der Waals surface area contributed by atoms with Crippen LogP contribution in [0, 0.1) is 0 Å². The molecule has 1 aromatic rings. The minimum absolute atomic E-state index is 0.145. The molecule has 5 nitrogen and oxygen atoms in total. The number of nitrogens with one attached hydrogen (secondary N) is 1. The lowest BCUT2D eigenvalue weighted by Gasteiger charge is -2.12. The van der Waals surface area contributed by atoms with Gasteiger partial charge in [-0.15, -0.1) is 0 Å². The van der Waals surface area contributed by atoms with E-state index in [9.17, 15) is 0 Å². The fraction of sp³-hybridized carbons (Fsp3) is 0.417. The molecule has 1 aromatic carbocycles. The zero-order valence-corrected chi connectivity index (χ0v) is 10.7. The summed E-state index contributed by atoms with van der Waals surface area (Å²) in [6, 6.07) is 5.59. The Morgan fingerprint density at radius 3 is 2.53 bits per heavy atom. The van der Waals surface area contributed by atoms with Crippen molar-refractivity contribution in [2.75, 3.05) is 19.5 Å². The van der Waals surface area contributed by atoms with Crippen molar-refractivity contribution >= 4 is 11.6 Å². The van der Waals surface area contributed by atoms with E-state index in [1.807, 2.05) is 26.0 Å². The van der Waals surface area contributed by atoms with Gasteiger partial charge in [-0.05, 0) is 26.0 Å². The molecule has 0 bridgehead atoms. The molecule has 0 aliphatic rings. The summed E-state index contributed by atoms with van der Waals surface area (Å²) in [5.41, 5.74) is 6.51. The summed E-state index contributed by atoms with van der Waals surface area (Å²) in [7, 11) is 3.20. The Morgan fingerprint density at radius 1 is 1.29 bits per heavy atom. The molecule has 0 amide bonds. The Hall–Kier alpha value is -1.91. The summed E-state index contributed by atoms with van der Waals surface area (Å²) in [4.78, 5) is 4.19. The second-order valence-electron chi connectivity index (χ2n) is 3.80. The highest BCUT2D eigenvalue weighted by Crippen LogP contribution is 2.28. The van der Waals surface area contributed by atoms with E-state index < -0.39 is 0 Å². The highest BCUT2D eigenvalue weighted by atomic mass is 16.5. The molecule has 0 aliphatic heterocycles. The molecule has 5 heteroatoms. The lowest BCUT2D eigenvalue weighted by molar-refractivity contribution is 0.395. The summed E-state index contributed by atoms with van der Waals surface area (Å²) < 4.78 is 10.4. The molecule has 0 saturated carbocycles. The van der Waals surface area contributed by atoms with Crippen LogP contribution in [-0.4, -0.2) is 26.2 Å². The van der Waals surface area contributed by atoms with Crippen LogP contribution in [0.15, 0.2) is 23.2 Å². The number of methoxy groups -OCH3 is 2. The van der Waals surface area contributed by atoms with Crippen molar-refractivity contribution in [1.82, 2.24) is 0 Å². The van der Waals surface area contributed by atoms with Gasteiger partial charge in [0.15, 0.2) is 5.96 Å². The van der Waals surface area contributed by atoms with E-state index in [0.717, 1.165) is 11.4 Å². The topological polar surface area (TPSA) is 68.9 Å². The lowest BCUT2D eigenvalue weighted by Crippen LogP contribution is -2.24. The fourth-order valence-electron chi connectivity index (χ4n) is 1.35. The molecule has 0 spiro atoms. The molecule has 94 valence electrons. The zero-order chi connectivity index (χ0) is 12.8.